The summed E-state index contributed by atoms with van der Waals surface area (Å²) in [6, 6.07) is 8.33. The van der Waals surface area contributed by atoms with Crippen LogP contribution in [0.15, 0.2) is 24.3 Å². The summed E-state index contributed by atoms with van der Waals surface area (Å²) in [7, 11) is 1.67. The fraction of sp³-hybridized carbons (Fsp3) is 0.647. The van der Waals surface area contributed by atoms with E-state index in [1.807, 2.05) is 24.3 Å². The minimum atomic E-state index is 0.553. The lowest BCUT2D eigenvalue weighted by atomic mass is 10.00. The Kier molecular flexibility index (Phi) is 8.12. The smallest absolute Gasteiger partial charge is 0.119 e. The number of ether oxygens (including phenoxy) is 2. The number of hydrogen-bond donors (Lipinski definition) is 1. The second-order valence-corrected chi connectivity index (χ2v) is 5.53. The number of methoxy groups -OCH3 is 1. The van der Waals surface area contributed by atoms with Gasteiger partial charge in [0.1, 0.15) is 11.5 Å². The predicted octanol–water partition coefficient (Wildman–Crippen LogP) is 3.88. The number of benzene rings is 1. The monoisotopic (exact) mass is 279 g/mol. The maximum Gasteiger partial charge on any atom is 0.119 e. The first kappa shape index (κ1) is 16.8. The Balaban J connectivity index is 2.31. The van der Waals surface area contributed by atoms with Crippen molar-refractivity contribution in [1.29, 1.82) is 0 Å². The molecule has 1 rings (SSSR count). The van der Waals surface area contributed by atoms with Crippen molar-refractivity contribution in [3.63, 3.8) is 0 Å². The van der Waals surface area contributed by atoms with E-state index in [4.69, 9.17) is 9.47 Å². The summed E-state index contributed by atoms with van der Waals surface area (Å²) in [6.07, 6.45) is 3.58. The van der Waals surface area contributed by atoms with Crippen molar-refractivity contribution in [2.45, 2.75) is 46.1 Å². The molecule has 1 N–H and O–H groups in total. The van der Waals surface area contributed by atoms with E-state index >= 15 is 0 Å². The molecule has 0 saturated carbocycles. The van der Waals surface area contributed by atoms with E-state index in [1.54, 1.807) is 7.11 Å². The lowest BCUT2D eigenvalue weighted by Crippen LogP contribution is -2.29. The summed E-state index contributed by atoms with van der Waals surface area (Å²) < 4.78 is 10.9. The lowest BCUT2D eigenvalue weighted by molar-refractivity contribution is 0.264. The summed E-state index contributed by atoms with van der Waals surface area (Å²) in [5, 5.41) is 3.52. The quantitative estimate of drug-likeness (QED) is 0.705. The molecule has 0 fully saturated rings. The van der Waals surface area contributed by atoms with Crippen LogP contribution in [0.2, 0.25) is 0 Å². The van der Waals surface area contributed by atoms with Gasteiger partial charge in [0.2, 0.25) is 0 Å². The fourth-order valence-electron chi connectivity index (χ4n) is 2.17. The largest absolute Gasteiger partial charge is 0.497 e. The number of hydrogen-bond acceptors (Lipinski definition) is 3. The van der Waals surface area contributed by atoms with Crippen LogP contribution in [0.25, 0.3) is 0 Å². The normalized spacial score (nSPS) is 12.4. The van der Waals surface area contributed by atoms with E-state index in [0.717, 1.165) is 31.1 Å². The van der Waals surface area contributed by atoms with E-state index in [-0.39, 0.29) is 0 Å². The van der Waals surface area contributed by atoms with Crippen molar-refractivity contribution in [1.82, 2.24) is 5.32 Å². The molecule has 1 unspecified atom stereocenters. The zero-order chi connectivity index (χ0) is 14.8. The van der Waals surface area contributed by atoms with Gasteiger partial charge in [0, 0.05) is 6.04 Å². The molecule has 0 aromatic heterocycles. The predicted molar refractivity (Wildman–Crippen MR) is 84.6 cm³/mol. The topological polar surface area (TPSA) is 30.5 Å². The average molecular weight is 279 g/mol. The van der Waals surface area contributed by atoms with Gasteiger partial charge >= 0.3 is 0 Å². The second-order valence-electron chi connectivity index (χ2n) is 5.53. The minimum Gasteiger partial charge on any atom is -0.497 e. The minimum absolute atomic E-state index is 0.553. The highest BCUT2D eigenvalue weighted by Crippen LogP contribution is 2.18. The van der Waals surface area contributed by atoms with Gasteiger partial charge in [-0.1, -0.05) is 27.2 Å². The van der Waals surface area contributed by atoms with Gasteiger partial charge in [0.05, 0.1) is 13.7 Å². The van der Waals surface area contributed by atoms with Gasteiger partial charge < -0.3 is 14.8 Å². The highest BCUT2D eigenvalue weighted by atomic mass is 16.5. The Bertz CT molecular complexity index is 349. The first-order valence-corrected chi connectivity index (χ1v) is 7.66. The first-order chi connectivity index (χ1) is 9.65. The highest BCUT2D eigenvalue weighted by Gasteiger charge is 2.08. The summed E-state index contributed by atoms with van der Waals surface area (Å²) >= 11 is 0. The summed E-state index contributed by atoms with van der Waals surface area (Å²) in [5.74, 6) is 2.47. The average Bonchev–Trinajstić information content (AvgIpc) is 2.45. The molecule has 0 saturated heterocycles. The molecule has 1 atom stereocenters. The maximum absolute atomic E-state index is 5.81. The molecule has 0 aliphatic heterocycles. The molecule has 0 spiro atoms. The first-order valence-electron chi connectivity index (χ1n) is 7.66. The zero-order valence-corrected chi connectivity index (χ0v) is 13.3. The van der Waals surface area contributed by atoms with Crippen molar-refractivity contribution < 1.29 is 9.47 Å². The molecule has 0 aliphatic rings. The van der Waals surface area contributed by atoms with Crippen LogP contribution in [-0.4, -0.2) is 26.3 Å². The van der Waals surface area contributed by atoms with E-state index in [0.29, 0.717) is 12.0 Å². The van der Waals surface area contributed by atoms with Crippen molar-refractivity contribution >= 4 is 0 Å². The molecule has 3 nitrogen and oxygen atoms in total. The summed E-state index contributed by atoms with van der Waals surface area (Å²) in [6.45, 7) is 8.48. The third-order valence-electron chi connectivity index (χ3n) is 3.37. The van der Waals surface area contributed by atoms with Crippen molar-refractivity contribution in [2.75, 3.05) is 20.3 Å². The molecule has 0 amide bonds. The van der Waals surface area contributed by atoms with E-state index in [1.165, 1.54) is 12.8 Å². The molecule has 20 heavy (non-hydrogen) atoms. The molecule has 0 radical (unpaired) electrons. The maximum atomic E-state index is 5.81. The Morgan fingerprint density at radius 1 is 1.05 bits per heavy atom. The van der Waals surface area contributed by atoms with Gasteiger partial charge in [-0.25, -0.2) is 0 Å². The zero-order valence-electron chi connectivity index (χ0n) is 13.3. The lowest BCUT2D eigenvalue weighted by Gasteiger charge is -2.19. The van der Waals surface area contributed by atoms with Crippen molar-refractivity contribution in [3.8, 4) is 11.5 Å². The van der Waals surface area contributed by atoms with Crippen LogP contribution in [0.3, 0.4) is 0 Å². The molecule has 0 heterocycles. The van der Waals surface area contributed by atoms with Gasteiger partial charge in [-0.3, -0.25) is 0 Å². The molecule has 114 valence electrons. The standard InChI is InChI=1S/C17H29NO2/c1-5-6-15(13-18-14(2)3)11-12-20-17-9-7-16(19-4)8-10-17/h7-10,14-15,18H,5-6,11-13H2,1-4H3. The van der Waals surface area contributed by atoms with Gasteiger partial charge in [-0.2, -0.15) is 0 Å². The molecular formula is C17H29NO2. The van der Waals surface area contributed by atoms with E-state index in [9.17, 15) is 0 Å². The Labute approximate surface area is 123 Å². The van der Waals surface area contributed by atoms with Crippen LogP contribution in [0.5, 0.6) is 11.5 Å². The van der Waals surface area contributed by atoms with Crippen LogP contribution < -0.4 is 14.8 Å². The fourth-order valence-corrected chi connectivity index (χ4v) is 2.17. The molecule has 3 heteroatoms. The van der Waals surface area contributed by atoms with Crippen molar-refractivity contribution in [2.24, 2.45) is 5.92 Å². The number of rotatable bonds is 10. The molecule has 1 aromatic carbocycles. The second kappa shape index (κ2) is 9.65. The third kappa shape index (κ3) is 6.80. The van der Waals surface area contributed by atoms with Crippen LogP contribution in [0.4, 0.5) is 0 Å². The Hall–Kier alpha value is -1.22. The molecule has 0 bridgehead atoms. The Morgan fingerprint density at radius 2 is 1.70 bits per heavy atom. The van der Waals surface area contributed by atoms with Gasteiger partial charge in [-0.05, 0) is 49.6 Å². The number of nitrogens with one attached hydrogen (secondary N) is 1. The Morgan fingerprint density at radius 3 is 2.25 bits per heavy atom. The third-order valence-corrected chi connectivity index (χ3v) is 3.37. The molecule has 0 aliphatic carbocycles. The van der Waals surface area contributed by atoms with Gasteiger partial charge in [0.25, 0.3) is 0 Å². The molecule has 1 aromatic rings. The van der Waals surface area contributed by atoms with Crippen molar-refractivity contribution in [3.05, 3.63) is 24.3 Å². The van der Waals surface area contributed by atoms with Crippen LogP contribution in [0.1, 0.15) is 40.0 Å². The van der Waals surface area contributed by atoms with Gasteiger partial charge in [0.15, 0.2) is 0 Å². The molecular weight excluding hydrogens is 250 g/mol. The van der Waals surface area contributed by atoms with Crippen LogP contribution >= 0.6 is 0 Å². The van der Waals surface area contributed by atoms with Gasteiger partial charge in [-0.15, -0.1) is 0 Å². The summed E-state index contributed by atoms with van der Waals surface area (Å²) in [4.78, 5) is 0. The summed E-state index contributed by atoms with van der Waals surface area (Å²) in [5.41, 5.74) is 0. The highest BCUT2D eigenvalue weighted by molar-refractivity contribution is 5.31. The van der Waals surface area contributed by atoms with E-state index in [2.05, 4.69) is 26.1 Å². The van der Waals surface area contributed by atoms with Crippen LogP contribution in [0, 0.1) is 5.92 Å². The van der Waals surface area contributed by atoms with E-state index < -0.39 is 0 Å². The van der Waals surface area contributed by atoms with Crippen LogP contribution in [-0.2, 0) is 0 Å². The SMILES string of the molecule is CCCC(CCOc1ccc(OC)cc1)CNC(C)C.